The van der Waals surface area contributed by atoms with Gasteiger partial charge in [0, 0.05) is 16.3 Å². The number of alkyl halides is 3. The smallest absolute Gasteiger partial charge is 0.398 e. The Bertz CT molecular complexity index is 694. The van der Waals surface area contributed by atoms with Gasteiger partial charge in [-0.15, -0.1) is 0 Å². The number of benzene rings is 2. The molecule has 0 spiro atoms. The Morgan fingerprint density at radius 1 is 1.14 bits per heavy atom. The summed E-state index contributed by atoms with van der Waals surface area (Å²) in [6.07, 6.45) is -4.35. The highest BCUT2D eigenvalue weighted by molar-refractivity contribution is 6.31. The molecule has 0 saturated heterocycles. The van der Waals surface area contributed by atoms with Gasteiger partial charge in [0.2, 0.25) is 0 Å². The summed E-state index contributed by atoms with van der Waals surface area (Å²) in [7, 11) is 0. The van der Waals surface area contributed by atoms with Gasteiger partial charge in [-0.05, 0) is 49.4 Å². The lowest BCUT2D eigenvalue weighted by atomic mass is 10.1. The lowest BCUT2D eigenvalue weighted by Crippen LogP contribution is -2.05. The number of hydrogen-bond donors (Lipinski definition) is 2. The standard InChI is InChI=1S/C15H13ClF3N3/c1-9(13-8-11(16)4-7-14(13)20)21-22-12-5-2-10(3-6-12)15(17,18)19/h2-8,22H,20H2,1H3/b21-9+. The van der Waals surface area contributed by atoms with Crippen LogP contribution < -0.4 is 11.2 Å². The van der Waals surface area contributed by atoms with E-state index in [1.54, 1.807) is 25.1 Å². The predicted molar refractivity (Wildman–Crippen MR) is 83.1 cm³/mol. The van der Waals surface area contributed by atoms with Crippen molar-refractivity contribution in [2.24, 2.45) is 5.10 Å². The lowest BCUT2D eigenvalue weighted by Gasteiger charge is -2.09. The number of halogens is 4. The van der Waals surface area contributed by atoms with Gasteiger partial charge in [-0.3, -0.25) is 5.43 Å². The Hall–Kier alpha value is -2.21. The van der Waals surface area contributed by atoms with E-state index in [0.717, 1.165) is 12.1 Å². The molecule has 0 fully saturated rings. The van der Waals surface area contributed by atoms with Crippen molar-refractivity contribution in [1.29, 1.82) is 0 Å². The number of hydrazone groups is 1. The molecule has 0 heterocycles. The molecule has 0 aliphatic heterocycles. The minimum Gasteiger partial charge on any atom is -0.398 e. The lowest BCUT2D eigenvalue weighted by molar-refractivity contribution is -0.137. The maximum absolute atomic E-state index is 12.5. The van der Waals surface area contributed by atoms with Crippen molar-refractivity contribution < 1.29 is 13.2 Å². The SMILES string of the molecule is C/C(=N\Nc1ccc(C(F)(F)F)cc1)c1cc(Cl)ccc1N. The van der Waals surface area contributed by atoms with Crippen molar-refractivity contribution in [3.63, 3.8) is 0 Å². The topological polar surface area (TPSA) is 50.4 Å². The normalized spacial score (nSPS) is 12.3. The molecule has 0 aliphatic carbocycles. The van der Waals surface area contributed by atoms with E-state index in [9.17, 15) is 13.2 Å². The van der Waals surface area contributed by atoms with Crippen LogP contribution >= 0.6 is 11.6 Å². The molecule has 0 amide bonds. The Labute approximate surface area is 130 Å². The average Bonchev–Trinajstić information content (AvgIpc) is 2.47. The third-order valence-corrected chi connectivity index (χ3v) is 3.21. The molecule has 2 aromatic rings. The first-order valence-electron chi connectivity index (χ1n) is 6.30. The number of nitrogens with two attached hydrogens (primary N) is 1. The Kier molecular flexibility index (Phi) is 4.61. The van der Waals surface area contributed by atoms with E-state index in [1.165, 1.54) is 12.1 Å². The Morgan fingerprint density at radius 3 is 2.36 bits per heavy atom. The first-order chi connectivity index (χ1) is 10.3. The molecule has 7 heteroatoms. The van der Waals surface area contributed by atoms with Crippen LogP contribution in [0.15, 0.2) is 47.6 Å². The van der Waals surface area contributed by atoms with Crippen molar-refractivity contribution >= 4 is 28.7 Å². The summed E-state index contributed by atoms with van der Waals surface area (Å²) in [5.41, 5.74) is 9.99. The third kappa shape index (κ3) is 3.92. The second-order valence-corrected chi connectivity index (χ2v) is 5.05. The van der Waals surface area contributed by atoms with E-state index >= 15 is 0 Å². The summed E-state index contributed by atoms with van der Waals surface area (Å²) < 4.78 is 37.4. The molecule has 0 atom stereocenters. The van der Waals surface area contributed by atoms with Crippen LogP contribution in [0.25, 0.3) is 0 Å². The van der Waals surface area contributed by atoms with Crippen LogP contribution in [0.5, 0.6) is 0 Å². The molecule has 0 aromatic heterocycles. The molecule has 0 radical (unpaired) electrons. The van der Waals surface area contributed by atoms with Crippen LogP contribution in [-0.2, 0) is 6.18 Å². The minimum atomic E-state index is -4.35. The zero-order valence-corrected chi connectivity index (χ0v) is 12.3. The maximum atomic E-state index is 12.5. The molecular weight excluding hydrogens is 315 g/mol. The number of nitrogen functional groups attached to an aromatic ring is 1. The summed E-state index contributed by atoms with van der Waals surface area (Å²) in [4.78, 5) is 0. The molecule has 22 heavy (non-hydrogen) atoms. The van der Waals surface area contributed by atoms with Crippen molar-refractivity contribution in [3.8, 4) is 0 Å². The molecule has 0 unspecified atom stereocenters. The van der Waals surface area contributed by atoms with Crippen molar-refractivity contribution in [1.82, 2.24) is 0 Å². The van der Waals surface area contributed by atoms with E-state index in [1.807, 2.05) is 0 Å². The van der Waals surface area contributed by atoms with E-state index < -0.39 is 11.7 Å². The summed E-state index contributed by atoms with van der Waals surface area (Å²) in [6.45, 7) is 1.72. The zero-order valence-electron chi connectivity index (χ0n) is 11.6. The van der Waals surface area contributed by atoms with Gasteiger partial charge in [-0.25, -0.2) is 0 Å². The van der Waals surface area contributed by atoms with E-state index in [0.29, 0.717) is 27.7 Å². The van der Waals surface area contributed by atoms with Crippen LogP contribution in [-0.4, -0.2) is 5.71 Å². The molecule has 3 nitrogen and oxygen atoms in total. The molecule has 3 N–H and O–H groups in total. The molecular formula is C15H13ClF3N3. The molecule has 0 bridgehead atoms. The fourth-order valence-corrected chi connectivity index (χ4v) is 1.96. The van der Waals surface area contributed by atoms with Gasteiger partial charge in [-0.1, -0.05) is 11.6 Å². The van der Waals surface area contributed by atoms with Crippen molar-refractivity contribution in [3.05, 3.63) is 58.6 Å². The van der Waals surface area contributed by atoms with Gasteiger partial charge in [0.25, 0.3) is 0 Å². The van der Waals surface area contributed by atoms with Crippen LogP contribution in [0, 0.1) is 0 Å². The van der Waals surface area contributed by atoms with Gasteiger partial charge < -0.3 is 5.73 Å². The fraction of sp³-hybridized carbons (Fsp3) is 0.133. The zero-order chi connectivity index (χ0) is 16.3. The second kappa shape index (κ2) is 6.27. The first kappa shape index (κ1) is 16.2. The maximum Gasteiger partial charge on any atom is 0.416 e. The molecule has 2 aromatic carbocycles. The van der Waals surface area contributed by atoms with Gasteiger partial charge in [0.1, 0.15) is 0 Å². The van der Waals surface area contributed by atoms with E-state index in [-0.39, 0.29) is 0 Å². The molecule has 0 aliphatic rings. The van der Waals surface area contributed by atoms with E-state index in [4.69, 9.17) is 17.3 Å². The van der Waals surface area contributed by atoms with Crippen LogP contribution in [0.2, 0.25) is 5.02 Å². The average molecular weight is 328 g/mol. The van der Waals surface area contributed by atoms with Crippen molar-refractivity contribution in [2.45, 2.75) is 13.1 Å². The number of nitrogens with zero attached hydrogens (tertiary/aromatic N) is 1. The van der Waals surface area contributed by atoms with Gasteiger partial charge in [0.15, 0.2) is 0 Å². The number of hydrogen-bond acceptors (Lipinski definition) is 3. The Balaban J connectivity index is 2.15. The predicted octanol–water partition coefficient (Wildman–Crippen LogP) is 4.78. The quantitative estimate of drug-likeness (QED) is 0.484. The monoisotopic (exact) mass is 327 g/mol. The molecule has 0 saturated carbocycles. The summed E-state index contributed by atoms with van der Waals surface area (Å²) in [5, 5.41) is 4.63. The highest BCUT2D eigenvalue weighted by atomic mass is 35.5. The number of rotatable bonds is 3. The summed E-state index contributed by atoms with van der Waals surface area (Å²) >= 11 is 5.90. The van der Waals surface area contributed by atoms with Gasteiger partial charge in [-0.2, -0.15) is 18.3 Å². The van der Waals surface area contributed by atoms with Crippen LogP contribution in [0.4, 0.5) is 24.5 Å². The molecule has 2 rings (SSSR count). The van der Waals surface area contributed by atoms with Crippen molar-refractivity contribution in [2.75, 3.05) is 11.2 Å². The second-order valence-electron chi connectivity index (χ2n) is 4.62. The summed E-state index contributed by atoms with van der Waals surface area (Å²) in [5.74, 6) is 0. The van der Waals surface area contributed by atoms with E-state index in [2.05, 4.69) is 10.5 Å². The summed E-state index contributed by atoms with van der Waals surface area (Å²) in [6, 6.07) is 9.58. The van der Waals surface area contributed by atoms with Gasteiger partial charge >= 0.3 is 6.18 Å². The first-order valence-corrected chi connectivity index (χ1v) is 6.68. The molecule has 116 valence electrons. The van der Waals surface area contributed by atoms with Crippen LogP contribution in [0.3, 0.4) is 0 Å². The largest absolute Gasteiger partial charge is 0.416 e. The Morgan fingerprint density at radius 2 is 1.77 bits per heavy atom. The third-order valence-electron chi connectivity index (χ3n) is 2.97. The van der Waals surface area contributed by atoms with Gasteiger partial charge in [0.05, 0.1) is 17.0 Å². The highest BCUT2D eigenvalue weighted by Crippen LogP contribution is 2.29. The fourth-order valence-electron chi connectivity index (χ4n) is 1.78. The minimum absolute atomic E-state index is 0.438. The van der Waals surface area contributed by atoms with Crippen LogP contribution in [0.1, 0.15) is 18.1 Å². The number of anilines is 2. The number of nitrogens with one attached hydrogen (secondary N) is 1. The highest BCUT2D eigenvalue weighted by Gasteiger charge is 2.29.